The number of hydrogen-bond donors (Lipinski definition) is 0. The van der Waals surface area contributed by atoms with Crippen LogP contribution >= 0.6 is 0 Å². The van der Waals surface area contributed by atoms with Gasteiger partial charge < -0.3 is 0 Å². The molecule has 3 rings (SSSR count). The highest BCUT2D eigenvalue weighted by atomic mass is 14.4. The summed E-state index contributed by atoms with van der Waals surface area (Å²) in [7, 11) is 0. The Morgan fingerprint density at radius 1 is 0.760 bits per heavy atom. The lowest BCUT2D eigenvalue weighted by molar-refractivity contribution is 0.163. The zero-order chi connectivity index (χ0) is 18.2. The second-order valence-corrected chi connectivity index (χ2v) is 9.06. The van der Waals surface area contributed by atoms with Gasteiger partial charge >= 0.3 is 0 Å². The van der Waals surface area contributed by atoms with E-state index in [1.807, 2.05) is 0 Å². The molecule has 2 atom stereocenters. The molecule has 0 bridgehead atoms. The molecule has 0 aliphatic carbocycles. The first-order valence-corrected chi connectivity index (χ1v) is 9.67. The molecular formula is C25H32. The quantitative estimate of drug-likeness (QED) is 0.429. The van der Waals surface area contributed by atoms with Gasteiger partial charge in [-0.15, -0.1) is 0 Å². The molecule has 0 saturated carbocycles. The summed E-state index contributed by atoms with van der Waals surface area (Å²) in [6, 6.07) is 20.4. The van der Waals surface area contributed by atoms with E-state index in [1.165, 1.54) is 39.9 Å². The highest BCUT2D eigenvalue weighted by Gasteiger charge is 2.39. The van der Waals surface area contributed by atoms with Crippen LogP contribution in [0.4, 0.5) is 0 Å². The fourth-order valence-electron chi connectivity index (χ4n) is 3.98. The lowest BCUT2D eigenvalue weighted by Gasteiger charge is -2.44. The Balaban J connectivity index is 2.16. The van der Waals surface area contributed by atoms with Gasteiger partial charge in [-0.1, -0.05) is 90.4 Å². The highest BCUT2D eigenvalue weighted by Crippen LogP contribution is 2.47. The molecule has 0 N–H and O–H groups in total. The normalized spacial score (nSPS) is 16.1. The molecule has 2 unspecified atom stereocenters. The molecule has 0 nitrogen and oxygen atoms in total. The molecule has 3 aromatic carbocycles. The average Bonchev–Trinajstić information content (AvgIpc) is 2.58. The minimum Gasteiger partial charge on any atom is -0.0651 e. The first-order valence-electron chi connectivity index (χ1n) is 9.67. The smallest absolute Gasteiger partial charge is 0.00240 e. The van der Waals surface area contributed by atoms with Gasteiger partial charge in [-0.3, -0.25) is 0 Å². The monoisotopic (exact) mass is 332 g/mol. The second-order valence-electron chi connectivity index (χ2n) is 9.06. The summed E-state index contributed by atoms with van der Waals surface area (Å²) in [5.41, 5.74) is 1.87. The van der Waals surface area contributed by atoms with Crippen molar-refractivity contribution in [2.75, 3.05) is 0 Å². The Labute approximate surface area is 153 Å². The number of fused-ring (bicyclic) bond motifs is 2. The highest BCUT2D eigenvalue weighted by molar-refractivity contribution is 5.98. The van der Waals surface area contributed by atoms with Crippen LogP contribution in [0.1, 0.15) is 59.9 Å². The van der Waals surface area contributed by atoms with Crippen LogP contribution < -0.4 is 0 Å². The summed E-state index contributed by atoms with van der Waals surface area (Å²) in [5.74, 6) is 0.733. The average molecular weight is 333 g/mol. The van der Waals surface area contributed by atoms with E-state index in [1.54, 1.807) is 0 Å². The molecule has 0 spiro atoms. The first-order chi connectivity index (χ1) is 11.7. The molecule has 0 amide bonds. The molecule has 25 heavy (non-hydrogen) atoms. The van der Waals surface area contributed by atoms with Crippen LogP contribution in [0.5, 0.6) is 0 Å². The van der Waals surface area contributed by atoms with Crippen molar-refractivity contribution in [2.24, 2.45) is 11.3 Å². The minimum atomic E-state index is 0.169. The summed E-state index contributed by atoms with van der Waals surface area (Å²) >= 11 is 0. The molecule has 0 aliphatic heterocycles. The number of hydrogen-bond acceptors (Lipinski definition) is 0. The van der Waals surface area contributed by atoms with Crippen LogP contribution in [0, 0.1) is 11.3 Å². The molecular weight excluding hydrogens is 300 g/mol. The third-order valence-electron chi connectivity index (χ3n) is 6.45. The molecule has 0 aromatic heterocycles. The van der Waals surface area contributed by atoms with E-state index < -0.39 is 0 Å². The molecule has 3 aromatic rings. The summed E-state index contributed by atoms with van der Waals surface area (Å²) in [6.45, 7) is 14.3. The van der Waals surface area contributed by atoms with Gasteiger partial charge in [0.25, 0.3) is 0 Å². The topological polar surface area (TPSA) is 0 Å². The maximum atomic E-state index is 2.46. The Hall–Kier alpha value is -1.82. The maximum Gasteiger partial charge on any atom is -0.00240 e. The van der Waals surface area contributed by atoms with Crippen LogP contribution in [0.3, 0.4) is 0 Å². The van der Waals surface area contributed by atoms with E-state index in [0.29, 0.717) is 0 Å². The van der Waals surface area contributed by atoms with Crippen molar-refractivity contribution in [1.82, 2.24) is 0 Å². The molecule has 0 heteroatoms. The molecule has 0 saturated heterocycles. The van der Waals surface area contributed by atoms with Crippen LogP contribution in [-0.4, -0.2) is 0 Å². The van der Waals surface area contributed by atoms with E-state index in [-0.39, 0.29) is 10.8 Å². The fourth-order valence-corrected chi connectivity index (χ4v) is 3.98. The van der Waals surface area contributed by atoms with Crippen molar-refractivity contribution < 1.29 is 0 Å². The third kappa shape index (κ3) is 3.32. The summed E-state index contributed by atoms with van der Waals surface area (Å²) in [6.07, 6.45) is 2.47. The van der Waals surface area contributed by atoms with Gasteiger partial charge in [0.15, 0.2) is 0 Å². The maximum absolute atomic E-state index is 2.46. The van der Waals surface area contributed by atoms with Gasteiger partial charge in [0.1, 0.15) is 0 Å². The van der Waals surface area contributed by atoms with E-state index >= 15 is 0 Å². The summed E-state index contributed by atoms with van der Waals surface area (Å²) in [5, 5.41) is 5.34. The number of rotatable bonds is 4. The van der Waals surface area contributed by atoms with Gasteiger partial charge in [0.2, 0.25) is 0 Å². The standard InChI is InChI=1S/C25H32/c1-7-18(2)17-25(6,24(3,4)5)23-13-12-21-14-19-10-8-9-11-20(19)15-22(21)16-23/h8-16,18H,7,17H2,1-6H3. The van der Waals surface area contributed by atoms with E-state index in [4.69, 9.17) is 0 Å². The summed E-state index contributed by atoms with van der Waals surface area (Å²) in [4.78, 5) is 0. The van der Waals surface area contributed by atoms with Crippen molar-refractivity contribution in [3.05, 3.63) is 60.2 Å². The van der Waals surface area contributed by atoms with E-state index in [2.05, 4.69) is 96.1 Å². The van der Waals surface area contributed by atoms with Crippen molar-refractivity contribution >= 4 is 21.5 Å². The van der Waals surface area contributed by atoms with E-state index in [0.717, 1.165) is 5.92 Å². The van der Waals surface area contributed by atoms with Crippen molar-refractivity contribution in [1.29, 1.82) is 0 Å². The van der Waals surface area contributed by atoms with Crippen molar-refractivity contribution in [3.8, 4) is 0 Å². The van der Waals surface area contributed by atoms with Crippen molar-refractivity contribution in [2.45, 2.75) is 59.8 Å². The largest absolute Gasteiger partial charge is 0.0651 e. The van der Waals surface area contributed by atoms with Crippen LogP contribution in [0.25, 0.3) is 21.5 Å². The van der Waals surface area contributed by atoms with Crippen molar-refractivity contribution in [3.63, 3.8) is 0 Å². The molecule has 132 valence electrons. The SMILES string of the molecule is CCC(C)CC(C)(c1ccc2cc3ccccc3cc2c1)C(C)(C)C. The molecule has 0 fully saturated rings. The van der Waals surface area contributed by atoms with Gasteiger partial charge in [0, 0.05) is 0 Å². The second kappa shape index (κ2) is 6.48. The van der Waals surface area contributed by atoms with E-state index in [9.17, 15) is 0 Å². The Bertz CT molecular complexity index is 881. The van der Waals surface area contributed by atoms with Gasteiger partial charge in [-0.25, -0.2) is 0 Å². The lowest BCUT2D eigenvalue weighted by atomic mass is 9.60. The Morgan fingerprint density at radius 2 is 1.32 bits per heavy atom. The Morgan fingerprint density at radius 3 is 1.88 bits per heavy atom. The van der Waals surface area contributed by atoms with Crippen LogP contribution in [-0.2, 0) is 5.41 Å². The minimum absolute atomic E-state index is 0.169. The lowest BCUT2D eigenvalue weighted by Crippen LogP contribution is -2.38. The Kier molecular flexibility index (Phi) is 4.66. The van der Waals surface area contributed by atoms with Crippen LogP contribution in [0.2, 0.25) is 0 Å². The van der Waals surface area contributed by atoms with Gasteiger partial charge in [-0.2, -0.15) is 0 Å². The zero-order valence-electron chi connectivity index (χ0n) is 16.7. The van der Waals surface area contributed by atoms with Gasteiger partial charge in [-0.05, 0) is 62.4 Å². The van der Waals surface area contributed by atoms with Crippen LogP contribution in [0.15, 0.2) is 54.6 Å². The predicted molar refractivity (Wildman–Crippen MR) is 112 cm³/mol. The zero-order valence-corrected chi connectivity index (χ0v) is 16.7. The fraction of sp³-hybridized carbons (Fsp3) is 0.440. The van der Waals surface area contributed by atoms with Gasteiger partial charge in [0.05, 0.1) is 0 Å². The summed E-state index contributed by atoms with van der Waals surface area (Å²) < 4.78 is 0. The molecule has 0 heterocycles. The molecule has 0 radical (unpaired) electrons. The molecule has 0 aliphatic rings. The first kappa shape index (κ1) is 18.0. The predicted octanol–water partition coefficient (Wildman–Crippen LogP) is 7.73. The number of benzene rings is 3. The third-order valence-corrected chi connectivity index (χ3v) is 6.45.